The first-order valence-corrected chi connectivity index (χ1v) is 8.01. The van der Waals surface area contributed by atoms with E-state index >= 15 is 0 Å². The minimum absolute atomic E-state index is 0.141. The van der Waals surface area contributed by atoms with Gasteiger partial charge in [-0.25, -0.2) is 0 Å². The van der Waals surface area contributed by atoms with E-state index in [0.29, 0.717) is 6.54 Å². The lowest BCUT2D eigenvalue weighted by Crippen LogP contribution is -2.39. The SMILES string of the molecule is COc1ccc([C@H](C)N2C[C@@]34C=C[C@H](O3)[C@@H](C(=O)O)[C@H]4C2=O)cc1. The highest BCUT2D eigenvalue weighted by atomic mass is 16.5. The summed E-state index contributed by atoms with van der Waals surface area (Å²) in [6, 6.07) is 7.39. The topological polar surface area (TPSA) is 76.1 Å². The van der Waals surface area contributed by atoms with E-state index in [1.807, 2.05) is 37.3 Å². The third kappa shape index (κ3) is 1.92. The number of aliphatic carboxylic acids is 1. The second-order valence-electron chi connectivity index (χ2n) is 6.65. The number of rotatable bonds is 4. The Morgan fingerprint density at radius 3 is 2.75 bits per heavy atom. The van der Waals surface area contributed by atoms with Crippen molar-refractivity contribution in [1.82, 2.24) is 4.90 Å². The van der Waals surface area contributed by atoms with Crippen molar-refractivity contribution in [1.29, 1.82) is 0 Å². The van der Waals surface area contributed by atoms with Crippen molar-refractivity contribution in [2.45, 2.75) is 24.7 Å². The van der Waals surface area contributed by atoms with Gasteiger partial charge in [0.1, 0.15) is 17.3 Å². The third-order valence-corrected chi connectivity index (χ3v) is 5.48. The third-order valence-electron chi connectivity index (χ3n) is 5.48. The Labute approximate surface area is 139 Å². The van der Waals surface area contributed by atoms with Gasteiger partial charge >= 0.3 is 5.97 Å². The molecule has 5 atom stereocenters. The molecule has 0 saturated carbocycles. The van der Waals surface area contributed by atoms with Gasteiger partial charge in [0.05, 0.1) is 31.7 Å². The summed E-state index contributed by atoms with van der Waals surface area (Å²) < 4.78 is 11.1. The molecule has 1 N–H and O–H groups in total. The second-order valence-corrected chi connectivity index (χ2v) is 6.65. The highest BCUT2D eigenvalue weighted by Crippen LogP contribution is 2.53. The quantitative estimate of drug-likeness (QED) is 0.850. The van der Waals surface area contributed by atoms with Gasteiger partial charge in [0.15, 0.2) is 0 Å². The molecule has 4 rings (SSSR count). The van der Waals surface area contributed by atoms with E-state index < -0.39 is 29.5 Å². The van der Waals surface area contributed by atoms with Crippen molar-refractivity contribution in [2.24, 2.45) is 11.8 Å². The van der Waals surface area contributed by atoms with E-state index in [1.165, 1.54) is 0 Å². The van der Waals surface area contributed by atoms with Gasteiger partial charge in [0, 0.05) is 0 Å². The molecule has 3 heterocycles. The zero-order valence-electron chi connectivity index (χ0n) is 13.5. The van der Waals surface area contributed by atoms with Crippen LogP contribution in [0.15, 0.2) is 36.4 Å². The standard InChI is InChI=1S/C18H19NO5/c1-10(11-3-5-12(23-2)6-4-11)19-9-18-8-7-13(24-18)14(17(21)22)15(18)16(19)20/h3-8,10,13-15H,9H2,1-2H3,(H,21,22)/t10-,13-,14+,15-,18+/m0/s1. The minimum atomic E-state index is -0.969. The number of hydrogen-bond acceptors (Lipinski definition) is 4. The van der Waals surface area contributed by atoms with E-state index in [4.69, 9.17) is 9.47 Å². The number of hydrogen-bond donors (Lipinski definition) is 1. The fourth-order valence-corrected chi connectivity index (χ4v) is 4.20. The van der Waals surface area contributed by atoms with Crippen LogP contribution in [0.5, 0.6) is 5.75 Å². The van der Waals surface area contributed by atoms with Gasteiger partial charge in [-0.15, -0.1) is 0 Å². The van der Waals surface area contributed by atoms with E-state index in [-0.39, 0.29) is 11.9 Å². The first-order valence-electron chi connectivity index (χ1n) is 8.01. The lowest BCUT2D eigenvalue weighted by atomic mass is 9.77. The molecule has 1 aromatic carbocycles. The van der Waals surface area contributed by atoms with E-state index in [0.717, 1.165) is 11.3 Å². The number of amides is 1. The Kier molecular flexibility index (Phi) is 3.22. The van der Waals surface area contributed by atoms with Crippen LogP contribution in [0.4, 0.5) is 0 Å². The van der Waals surface area contributed by atoms with E-state index in [1.54, 1.807) is 18.1 Å². The molecular formula is C18H19NO5. The average molecular weight is 329 g/mol. The Morgan fingerprint density at radius 1 is 1.42 bits per heavy atom. The highest BCUT2D eigenvalue weighted by molar-refractivity contribution is 5.91. The summed E-state index contributed by atoms with van der Waals surface area (Å²) in [5, 5.41) is 9.50. The van der Waals surface area contributed by atoms with Crippen LogP contribution in [0.1, 0.15) is 18.5 Å². The number of nitrogens with zero attached hydrogens (tertiary/aromatic N) is 1. The Morgan fingerprint density at radius 2 is 2.12 bits per heavy atom. The summed E-state index contributed by atoms with van der Waals surface area (Å²) >= 11 is 0. The minimum Gasteiger partial charge on any atom is -0.497 e. The molecule has 6 heteroatoms. The monoisotopic (exact) mass is 329 g/mol. The number of benzene rings is 1. The van der Waals surface area contributed by atoms with Crippen LogP contribution in [0.3, 0.4) is 0 Å². The zero-order chi connectivity index (χ0) is 17.1. The fourth-order valence-electron chi connectivity index (χ4n) is 4.20. The maximum Gasteiger partial charge on any atom is 0.310 e. The zero-order valence-corrected chi connectivity index (χ0v) is 13.5. The summed E-state index contributed by atoms with van der Waals surface area (Å²) in [5.41, 5.74) is 0.192. The number of carboxylic acids is 1. The Bertz CT molecular complexity index is 727. The van der Waals surface area contributed by atoms with Crippen molar-refractivity contribution in [2.75, 3.05) is 13.7 Å². The molecule has 3 aliphatic heterocycles. The van der Waals surface area contributed by atoms with Gasteiger partial charge in [-0.1, -0.05) is 24.3 Å². The molecule has 1 aromatic rings. The van der Waals surface area contributed by atoms with Crippen molar-refractivity contribution in [3.8, 4) is 5.75 Å². The van der Waals surface area contributed by atoms with Gasteiger partial charge in [-0.05, 0) is 24.6 Å². The molecule has 1 amide bonds. The molecule has 1 spiro atoms. The van der Waals surface area contributed by atoms with Crippen molar-refractivity contribution < 1.29 is 24.2 Å². The van der Waals surface area contributed by atoms with Gasteiger partial charge < -0.3 is 19.5 Å². The van der Waals surface area contributed by atoms with Gasteiger partial charge in [-0.2, -0.15) is 0 Å². The van der Waals surface area contributed by atoms with Crippen LogP contribution >= 0.6 is 0 Å². The maximum atomic E-state index is 12.9. The second kappa shape index (κ2) is 5.08. The lowest BCUT2D eigenvalue weighted by Gasteiger charge is -2.27. The molecule has 0 aliphatic carbocycles. The van der Waals surface area contributed by atoms with E-state index in [2.05, 4.69) is 0 Å². The molecule has 0 unspecified atom stereocenters. The van der Waals surface area contributed by atoms with Crippen LogP contribution in [-0.2, 0) is 14.3 Å². The summed E-state index contributed by atoms with van der Waals surface area (Å²) in [6.45, 7) is 2.34. The van der Waals surface area contributed by atoms with Crippen LogP contribution in [0.25, 0.3) is 0 Å². The molecule has 6 nitrogen and oxygen atoms in total. The molecule has 2 fully saturated rings. The van der Waals surface area contributed by atoms with Gasteiger partial charge in [0.25, 0.3) is 0 Å². The molecule has 0 aromatic heterocycles. The fraction of sp³-hybridized carbons (Fsp3) is 0.444. The summed E-state index contributed by atoms with van der Waals surface area (Å²) in [5.74, 6) is -1.78. The Balaban J connectivity index is 1.63. The molecule has 24 heavy (non-hydrogen) atoms. The number of carbonyl (C=O) groups is 2. The van der Waals surface area contributed by atoms with E-state index in [9.17, 15) is 14.7 Å². The molecule has 3 aliphatic rings. The predicted octanol–water partition coefficient (Wildman–Crippen LogP) is 1.62. The predicted molar refractivity (Wildman–Crippen MR) is 84.5 cm³/mol. The average Bonchev–Trinajstić information content (AvgIpc) is 3.22. The molecule has 2 bridgehead atoms. The summed E-state index contributed by atoms with van der Waals surface area (Å²) in [6.07, 6.45) is 3.17. The number of methoxy groups -OCH3 is 1. The van der Waals surface area contributed by atoms with Crippen molar-refractivity contribution >= 4 is 11.9 Å². The molecule has 126 valence electrons. The van der Waals surface area contributed by atoms with Crippen LogP contribution in [0, 0.1) is 11.8 Å². The van der Waals surface area contributed by atoms with Crippen LogP contribution in [0.2, 0.25) is 0 Å². The number of carboxylic acid groups (broad SMARTS) is 1. The van der Waals surface area contributed by atoms with Gasteiger partial charge in [-0.3, -0.25) is 9.59 Å². The number of likely N-dealkylation sites (tertiary alicyclic amines) is 1. The lowest BCUT2D eigenvalue weighted by molar-refractivity contribution is -0.148. The van der Waals surface area contributed by atoms with Crippen LogP contribution < -0.4 is 4.74 Å². The molecular weight excluding hydrogens is 310 g/mol. The highest BCUT2D eigenvalue weighted by Gasteiger charge is 2.67. The first kappa shape index (κ1) is 15.2. The van der Waals surface area contributed by atoms with Gasteiger partial charge in [0.2, 0.25) is 5.91 Å². The normalized spacial score (nSPS) is 34.5. The van der Waals surface area contributed by atoms with Crippen LogP contribution in [-0.4, -0.2) is 47.2 Å². The maximum absolute atomic E-state index is 12.9. The summed E-state index contributed by atoms with van der Waals surface area (Å²) in [7, 11) is 1.61. The molecule has 0 radical (unpaired) electrons. The number of ether oxygens (including phenoxy) is 2. The van der Waals surface area contributed by atoms with Crippen molar-refractivity contribution in [3.63, 3.8) is 0 Å². The number of fused-ring (bicyclic) bond motifs is 1. The first-order chi connectivity index (χ1) is 11.5. The Hall–Kier alpha value is -2.34. The molecule has 2 saturated heterocycles. The summed E-state index contributed by atoms with van der Waals surface area (Å²) in [4.78, 5) is 26.3. The van der Waals surface area contributed by atoms with Crippen molar-refractivity contribution in [3.05, 3.63) is 42.0 Å². The number of carbonyl (C=O) groups excluding carboxylic acids is 1. The smallest absolute Gasteiger partial charge is 0.310 e. The largest absolute Gasteiger partial charge is 0.497 e.